The van der Waals surface area contributed by atoms with E-state index in [-0.39, 0.29) is 0 Å². The standard InChI is InChI=1S/C12H10N4OS/c1-7-2-3-8(4-9(7)13)12-15-11(16-17-12)10-5-18-6-14-10/h2-6H,13H2,1H3. The van der Waals surface area contributed by atoms with Crippen LogP contribution in [-0.4, -0.2) is 15.1 Å². The first-order valence-corrected chi connectivity index (χ1v) is 6.27. The van der Waals surface area contributed by atoms with Crippen LogP contribution in [0, 0.1) is 6.92 Å². The van der Waals surface area contributed by atoms with Crippen molar-refractivity contribution in [3.05, 3.63) is 34.7 Å². The smallest absolute Gasteiger partial charge is 0.258 e. The molecule has 3 aromatic rings. The second kappa shape index (κ2) is 4.23. The van der Waals surface area contributed by atoms with Gasteiger partial charge in [-0.15, -0.1) is 11.3 Å². The summed E-state index contributed by atoms with van der Waals surface area (Å²) in [7, 11) is 0. The maximum atomic E-state index is 5.86. The summed E-state index contributed by atoms with van der Waals surface area (Å²) in [5.41, 5.74) is 10.9. The summed E-state index contributed by atoms with van der Waals surface area (Å²) in [6.45, 7) is 1.95. The zero-order valence-corrected chi connectivity index (χ0v) is 10.4. The van der Waals surface area contributed by atoms with E-state index in [1.54, 1.807) is 5.51 Å². The lowest BCUT2D eigenvalue weighted by Gasteiger charge is -2.00. The Morgan fingerprint density at radius 1 is 1.33 bits per heavy atom. The summed E-state index contributed by atoms with van der Waals surface area (Å²) in [5.74, 6) is 0.940. The number of nitrogens with two attached hydrogens (primary N) is 1. The van der Waals surface area contributed by atoms with Crippen LogP contribution in [0.4, 0.5) is 5.69 Å². The van der Waals surface area contributed by atoms with Crippen LogP contribution in [-0.2, 0) is 0 Å². The van der Waals surface area contributed by atoms with E-state index in [0.717, 1.165) is 16.8 Å². The van der Waals surface area contributed by atoms with Crippen LogP contribution < -0.4 is 5.73 Å². The highest BCUT2D eigenvalue weighted by Gasteiger charge is 2.12. The zero-order chi connectivity index (χ0) is 12.5. The minimum absolute atomic E-state index is 0.449. The second-order valence-corrected chi connectivity index (χ2v) is 4.59. The molecule has 0 radical (unpaired) electrons. The predicted octanol–water partition coefficient (Wildman–Crippen LogP) is 2.75. The topological polar surface area (TPSA) is 77.8 Å². The highest BCUT2D eigenvalue weighted by Crippen LogP contribution is 2.24. The molecular weight excluding hydrogens is 248 g/mol. The molecule has 3 rings (SSSR count). The Hall–Kier alpha value is -2.21. The predicted molar refractivity (Wildman–Crippen MR) is 70.0 cm³/mol. The summed E-state index contributed by atoms with van der Waals surface area (Å²) in [6.07, 6.45) is 0. The van der Waals surface area contributed by atoms with Crippen molar-refractivity contribution >= 4 is 17.0 Å². The van der Waals surface area contributed by atoms with Gasteiger partial charge in [0, 0.05) is 16.6 Å². The van der Waals surface area contributed by atoms with Gasteiger partial charge in [0.1, 0.15) is 5.69 Å². The third kappa shape index (κ3) is 1.86. The SMILES string of the molecule is Cc1ccc(-c2nc(-c3cscn3)no2)cc1N. The molecule has 0 saturated carbocycles. The Morgan fingerprint density at radius 3 is 2.94 bits per heavy atom. The molecule has 0 bridgehead atoms. The van der Waals surface area contributed by atoms with Crippen LogP contribution in [0.25, 0.3) is 23.0 Å². The molecule has 0 saturated heterocycles. The molecule has 0 fully saturated rings. The fourth-order valence-corrected chi connectivity index (χ4v) is 2.07. The molecule has 0 amide bonds. The summed E-state index contributed by atoms with van der Waals surface area (Å²) >= 11 is 1.49. The molecule has 1 aromatic carbocycles. The Morgan fingerprint density at radius 2 is 2.22 bits per heavy atom. The first kappa shape index (κ1) is 10.9. The molecule has 18 heavy (non-hydrogen) atoms. The number of nitrogens with zero attached hydrogens (tertiary/aromatic N) is 3. The van der Waals surface area contributed by atoms with Gasteiger partial charge >= 0.3 is 0 Å². The van der Waals surface area contributed by atoms with Gasteiger partial charge < -0.3 is 10.3 Å². The monoisotopic (exact) mass is 258 g/mol. The molecule has 5 nitrogen and oxygen atoms in total. The van der Waals surface area contributed by atoms with E-state index < -0.39 is 0 Å². The van der Waals surface area contributed by atoms with E-state index in [9.17, 15) is 0 Å². The molecule has 2 heterocycles. The highest BCUT2D eigenvalue weighted by molar-refractivity contribution is 7.07. The van der Waals surface area contributed by atoms with Gasteiger partial charge in [-0.05, 0) is 24.6 Å². The molecule has 6 heteroatoms. The zero-order valence-electron chi connectivity index (χ0n) is 9.62. The van der Waals surface area contributed by atoms with Crippen molar-refractivity contribution < 1.29 is 4.52 Å². The first-order chi connectivity index (χ1) is 8.74. The number of hydrogen-bond donors (Lipinski definition) is 1. The summed E-state index contributed by atoms with van der Waals surface area (Å²) < 4.78 is 5.22. The minimum Gasteiger partial charge on any atom is -0.398 e. The van der Waals surface area contributed by atoms with E-state index >= 15 is 0 Å². The quantitative estimate of drug-likeness (QED) is 0.715. The van der Waals surface area contributed by atoms with E-state index in [1.165, 1.54) is 11.3 Å². The Bertz CT molecular complexity index is 675. The van der Waals surface area contributed by atoms with E-state index in [4.69, 9.17) is 10.3 Å². The van der Waals surface area contributed by atoms with Crippen molar-refractivity contribution in [2.75, 3.05) is 5.73 Å². The fourth-order valence-electron chi connectivity index (χ4n) is 1.54. The molecular formula is C12H10N4OS. The molecule has 0 unspecified atom stereocenters. The van der Waals surface area contributed by atoms with Crippen molar-refractivity contribution in [2.45, 2.75) is 6.92 Å². The van der Waals surface area contributed by atoms with E-state index in [1.807, 2.05) is 30.5 Å². The van der Waals surface area contributed by atoms with Gasteiger partial charge in [-0.3, -0.25) is 0 Å². The lowest BCUT2D eigenvalue weighted by Crippen LogP contribution is -1.90. The van der Waals surface area contributed by atoms with Crippen molar-refractivity contribution in [1.82, 2.24) is 15.1 Å². The van der Waals surface area contributed by atoms with Crippen molar-refractivity contribution in [2.24, 2.45) is 0 Å². The molecule has 0 spiro atoms. The number of aromatic nitrogens is 3. The third-order valence-corrected chi connectivity index (χ3v) is 3.20. The van der Waals surface area contributed by atoms with E-state index in [2.05, 4.69) is 15.1 Å². The van der Waals surface area contributed by atoms with Gasteiger partial charge in [-0.25, -0.2) is 4.98 Å². The molecule has 2 aromatic heterocycles. The van der Waals surface area contributed by atoms with Crippen LogP contribution in [0.2, 0.25) is 0 Å². The normalized spacial score (nSPS) is 10.7. The number of thiazole rings is 1. The van der Waals surface area contributed by atoms with Gasteiger partial charge in [0.15, 0.2) is 0 Å². The second-order valence-electron chi connectivity index (χ2n) is 3.87. The molecule has 2 N–H and O–H groups in total. The van der Waals surface area contributed by atoms with Crippen LogP contribution >= 0.6 is 11.3 Å². The number of hydrogen-bond acceptors (Lipinski definition) is 6. The Balaban J connectivity index is 2.00. The average Bonchev–Trinajstić information content (AvgIpc) is 3.01. The van der Waals surface area contributed by atoms with Gasteiger partial charge in [0.2, 0.25) is 5.82 Å². The molecule has 90 valence electrons. The van der Waals surface area contributed by atoms with Crippen molar-refractivity contribution in [3.63, 3.8) is 0 Å². The number of aryl methyl sites for hydroxylation is 1. The summed E-state index contributed by atoms with van der Waals surface area (Å²) in [5, 5.41) is 5.78. The summed E-state index contributed by atoms with van der Waals surface area (Å²) in [4.78, 5) is 8.44. The average molecular weight is 258 g/mol. The van der Waals surface area contributed by atoms with E-state index in [0.29, 0.717) is 17.4 Å². The molecule has 0 aliphatic rings. The first-order valence-electron chi connectivity index (χ1n) is 5.33. The van der Waals surface area contributed by atoms with Crippen molar-refractivity contribution in [3.8, 4) is 23.0 Å². The number of benzene rings is 1. The highest BCUT2D eigenvalue weighted by atomic mass is 32.1. The number of nitrogen functional groups attached to an aromatic ring is 1. The van der Waals surface area contributed by atoms with Crippen LogP contribution in [0.1, 0.15) is 5.56 Å². The third-order valence-electron chi connectivity index (χ3n) is 2.61. The lowest BCUT2D eigenvalue weighted by molar-refractivity contribution is 0.432. The minimum atomic E-state index is 0.449. The number of rotatable bonds is 2. The van der Waals surface area contributed by atoms with Gasteiger partial charge in [-0.1, -0.05) is 11.2 Å². The Labute approximate surface area is 107 Å². The van der Waals surface area contributed by atoms with Gasteiger partial charge in [-0.2, -0.15) is 4.98 Å². The maximum absolute atomic E-state index is 5.86. The summed E-state index contributed by atoms with van der Waals surface area (Å²) in [6, 6.07) is 5.66. The van der Waals surface area contributed by atoms with Crippen LogP contribution in [0.15, 0.2) is 33.6 Å². The fraction of sp³-hybridized carbons (Fsp3) is 0.0833. The number of anilines is 1. The molecule has 0 aliphatic carbocycles. The van der Waals surface area contributed by atoms with Crippen LogP contribution in [0.3, 0.4) is 0 Å². The largest absolute Gasteiger partial charge is 0.398 e. The van der Waals surface area contributed by atoms with Crippen LogP contribution in [0.5, 0.6) is 0 Å². The molecule has 0 atom stereocenters. The Kier molecular flexibility index (Phi) is 2.56. The van der Waals surface area contributed by atoms with Gasteiger partial charge in [0.25, 0.3) is 5.89 Å². The van der Waals surface area contributed by atoms with Crippen molar-refractivity contribution in [1.29, 1.82) is 0 Å². The maximum Gasteiger partial charge on any atom is 0.258 e. The lowest BCUT2D eigenvalue weighted by atomic mass is 10.1. The molecule has 0 aliphatic heterocycles. The van der Waals surface area contributed by atoms with Gasteiger partial charge in [0.05, 0.1) is 5.51 Å².